The summed E-state index contributed by atoms with van der Waals surface area (Å²) >= 11 is 5.16. The predicted molar refractivity (Wildman–Crippen MR) is 109 cm³/mol. The number of thioether (sulfide) groups is 1. The van der Waals surface area contributed by atoms with Crippen molar-refractivity contribution in [3.63, 3.8) is 0 Å². The molecule has 1 amide bonds. The van der Waals surface area contributed by atoms with E-state index in [0.29, 0.717) is 12.1 Å². The van der Waals surface area contributed by atoms with Gasteiger partial charge in [-0.05, 0) is 45.8 Å². The summed E-state index contributed by atoms with van der Waals surface area (Å²) in [6, 6.07) is 14.6. The van der Waals surface area contributed by atoms with E-state index < -0.39 is 5.63 Å². The Morgan fingerprint density at radius 2 is 2.07 bits per heavy atom. The number of benzene rings is 2. The van der Waals surface area contributed by atoms with Crippen molar-refractivity contribution < 1.29 is 13.9 Å². The van der Waals surface area contributed by atoms with E-state index in [1.54, 1.807) is 42.0 Å². The third-order valence-corrected chi connectivity index (χ3v) is 6.37. The van der Waals surface area contributed by atoms with Gasteiger partial charge in [0, 0.05) is 17.7 Å². The lowest BCUT2D eigenvalue weighted by atomic mass is 10.1. The second kappa shape index (κ2) is 7.40. The van der Waals surface area contributed by atoms with Crippen molar-refractivity contribution in [2.75, 3.05) is 19.4 Å². The third-order valence-electron chi connectivity index (χ3n) is 4.48. The number of ether oxygens (including phenoxy) is 1. The van der Waals surface area contributed by atoms with Crippen LogP contribution in [0.4, 0.5) is 0 Å². The van der Waals surface area contributed by atoms with Crippen molar-refractivity contribution in [2.24, 2.45) is 0 Å². The smallest absolute Gasteiger partial charge is 0.349 e. The summed E-state index contributed by atoms with van der Waals surface area (Å²) in [6.45, 7) is 0.573. The lowest BCUT2D eigenvalue weighted by Gasteiger charge is -2.24. The highest BCUT2D eigenvalue weighted by Crippen LogP contribution is 2.40. The average Bonchev–Trinajstić information content (AvgIpc) is 3.16. The Bertz CT molecular complexity index is 1080. The fourth-order valence-corrected chi connectivity index (χ4v) is 4.96. The number of rotatable bonds is 3. The summed E-state index contributed by atoms with van der Waals surface area (Å²) in [4.78, 5) is 27.2. The van der Waals surface area contributed by atoms with Crippen LogP contribution in [-0.4, -0.2) is 30.2 Å². The third kappa shape index (κ3) is 3.37. The fourth-order valence-electron chi connectivity index (χ4n) is 3.16. The first-order chi connectivity index (χ1) is 13.1. The first kappa shape index (κ1) is 18.1. The molecule has 1 aliphatic rings. The van der Waals surface area contributed by atoms with Gasteiger partial charge in [0.2, 0.25) is 0 Å². The Morgan fingerprint density at radius 1 is 1.26 bits per heavy atom. The summed E-state index contributed by atoms with van der Waals surface area (Å²) in [6.07, 6.45) is 0. The number of carbonyl (C=O) groups excluding carboxylic acids is 1. The molecule has 138 valence electrons. The predicted octanol–water partition coefficient (Wildman–Crippen LogP) is 4.45. The number of halogens is 1. The summed E-state index contributed by atoms with van der Waals surface area (Å²) in [5.41, 5.74) is 0.910. The Balaban J connectivity index is 1.70. The topological polar surface area (TPSA) is 59.8 Å². The van der Waals surface area contributed by atoms with Crippen LogP contribution in [0.15, 0.2) is 62.2 Å². The molecule has 1 aliphatic heterocycles. The molecule has 1 fully saturated rings. The summed E-state index contributed by atoms with van der Waals surface area (Å²) in [5, 5.41) is 0.571. The van der Waals surface area contributed by atoms with E-state index in [0.717, 1.165) is 26.9 Å². The molecule has 27 heavy (non-hydrogen) atoms. The van der Waals surface area contributed by atoms with Crippen LogP contribution in [-0.2, 0) is 0 Å². The number of amides is 1. The first-order valence-electron chi connectivity index (χ1n) is 8.37. The minimum absolute atomic E-state index is 0.0637. The molecule has 5 nitrogen and oxygen atoms in total. The largest absolute Gasteiger partial charge is 0.496 e. The SMILES string of the molecule is COc1ccc([C@@H]2SCCN2C(=O)c2cc3ccccc3oc2=O)cc1Br. The van der Waals surface area contributed by atoms with E-state index in [-0.39, 0.29) is 16.8 Å². The molecule has 2 aromatic carbocycles. The molecule has 7 heteroatoms. The molecular formula is C20H16BrNO4S. The fraction of sp³-hybridized carbons (Fsp3) is 0.200. The number of fused-ring (bicyclic) bond motifs is 1. The van der Waals surface area contributed by atoms with Crippen LogP contribution in [0.5, 0.6) is 5.75 Å². The van der Waals surface area contributed by atoms with Gasteiger partial charge in [-0.1, -0.05) is 24.3 Å². The van der Waals surface area contributed by atoms with E-state index in [1.165, 1.54) is 0 Å². The van der Waals surface area contributed by atoms with Crippen LogP contribution in [0.3, 0.4) is 0 Å². The maximum Gasteiger partial charge on any atom is 0.349 e. The molecule has 1 atom stereocenters. The molecule has 0 radical (unpaired) electrons. The molecule has 0 spiro atoms. The van der Waals surface area contributed by atoms with Crippen molar-refractivity contribution >= 4 is 44.6 Å². The molecule has 1 saturated heterocycles. The zero-order valence-electron chi connectivity index (χ0n) is 14.5. The van der Waals surface area contributed by atoms with Crippen molar-refractivity contribution in [2.45, 2.75) is 5.37 Å². The molecule has 0 aliphatic carbocycles. The van der Waals surface area contributed by atoms with Gasteiger partial charge in [0.05, 0.1) is 11.6 Å². The molecule has 0 bridgehead atoms. The van der Waals surface area contributed by atoms with Crippen LogP contribution in [0, 0.1) is 0 Å². The summed E-state index contributed by atoms with van der Waals surface area (Å²) in [7, 11) is 1.61. The molecule has 0 unspecified atom stereocenters. The lowest BCUT2D eigenvalue weighted by Crippen LogP contribution is -2.33. The molecule has 2 heterocycles. The molecule has 0 N–H and O–H groups in total. The van der Waals surface area contributed by atoms with Crippen molar-refractivity contribution in [1.29, 1.82) is 0 Å². The number of nitrogens with zero attached hydrogens (tertiary/aromatic N) is 1. The van der Waals surface area contributed by atoms with E-state index in [9.17, 15) is 9.59 Å². The van der Waals surface area contributed by atoms with Crippen molar-refractivity contribution in [3.05, 3.63) is 74.6 Å². The highest BCUT2D eigenvalue weighted by molar-refractivity contribution is 9.10. The zero-order valence-corrected chi connectivity index (χ0v) is 16.9. The highest BCUT2D eigenvalue weighted by Gasteiger charge is 2.33. The maximum absolute atomic E-state index is 13.1. The van der Waals surface area contributed by atoms with Gasteiger partial charge < -0.3 is 14.1 Å². The van der Waals surface area contributed by atoms with Crippen LogP contribution in [0.2, 0.25) is 0 Å². The lowest BCUT2D eigenvalue weighted by molar-refractivity contribution is 0.0756. The number of carbonyl (C=O) groups is 1. The monoisotopic (exact) mass is 445 g/mol. The maximum atomic E-state index is 13.1. The van der Waals surface area contributed by atoms with Crippen LogP contribution in [0.25, 0.3) is 11.0 Å². The van der Waals surface area contributed by atoms with Gasteiger partial charge in [0.1, 0.15) is 22.3 Å². The second-order valence-electron chi connectivity index (χ2n) is 6.10. The summed E-state index contributed by atoms with van der Waals surface area (Å²) in [5.74, 6) is 1.23. The number of hydrogen-bond donors (Lipinski definition) is 0. The molecular weight excluding hydrogens is 430 g/mol. The van der Waals surface area contributed by atoms with Crippen molar-refractivity contribution in [3.8, 4) is 5.75 Å². The van der Waals surface area contributed by atoms with E-state index >= 15 is 0 Å². The van der Waals surface area contributed by atoms with Crippen LogP contribution in [0.1, 0.15) is 21.3 Å². The van der Waals surface area contributed by atoms with Crippen molar-refractivity contribution in [1.82, 2.24) is 4.90 Å². The summed E-state index contributed by atoms with van der Waals surface area (Å²) < 4.78 is 11.4. The van der Waals surface area contributed by atoms with Gasteiger partial charge in [-0.3, -0.25) is 4.79 Å². The quantitative estimate of drug-likeness (QED) is 0.557. The van der Waals surface area contributed by atoms with E-state index in [4.69, 9.17) is 9.15 Å². The van der Waals surface area contributed by atoms with Crippen LogP contribution >= 0.6 is 27.7 Å². The number of hydrogen-bond acceptors (Lipinski definition) is 5. The molecule has 3 aromatic rings. The highest BCUT2D eigenvalue weighted by atomic mass is 79.9. The first-order valence-corrected chi connectivity index (χ1v) is 10.2. The zero-order chi connectivity index (χ0) is 19.0. The Morgan fingerprint density at radius 3 is 2.85 bits per heavy atom. The van der Waals surface area contributed by atoms with Gasteiger partial charge in [-0.25, -0.2) is 4.79 Å². The Labute approximate surface area is 168 Å². The van der Waals surface area contributed by atoms with Gasteiger partial charge in [-0.15, -0.1) is 11.8 Å². The van der Waals surface area contributed by atoms with Gasteiger partial charge in [-0.2, -0.15) is 0 Å². The Kier molecular flexibility index (Phi) is 4.97. The van der Waals surface area contributed by atoms with Crippen LogP contribution < -0.4 is 10.4 Å². The number of methoxy groups -OCH3 is 1. The normalized spacial score (nSPS) is 16.7. The van der Waals surface area contributed by atoms with E-state index in [1.807, 2.05) is 30.3 Å². The molecule has 0 saturated carbocycles. The molecule has 1 aromatic heterocycles. The Hall–Kier alpha value is -2.25. The second-order valence-corrected chi connectivity index (χ2v) is 8.14. The molecule has 4 rings (SSSR count). The number of para-hydroxylation sites is 1. The average molecular weight is 446 g/mol. The standard InChI is InChI=1S/C20H16BrNO4S/c1-25-17-7-6-13(11-15(17)21)19-22(8-9-27-19)18(23)14-10-12-4-2-3-5-16(12)26-20(14)24/h2-7,10-11,19H,8-9H2,1H3/t19-/m0/s1. The van der Waals surface area contributed by atoms with Gasteiger partial charge in [0.25, 0.3) is 5.91 Å². The van der Waals surface area contributed by atoms with Gasteiger partial charge in [0.15, 0.2) is 0 Å². The van der Waals surface area contributed by atoms with E-state index in [2.05, 4.69) is 15.9 Å². The minimum Gasteiger partial charge on any atom is -0.496 e. The van der Waals surface area contributed by atoms with Gasteiger partial charge >= 0.3 is 5.63 Å². The minimum atomic E-state index is -0.606.